The van der Waals surface area contributed by atoms with Gasteiger partial charge in [-0.15, -0.1) is 12.4 Å². The molecule has 2 atom stereocenters. The van der Waals surface area contributed by atoms with E-state index in [-0.39, 0.29) is 30.2 Å². The topological polar surface area (TPSA) is 74.2 Å². The van der Waals surface area contributed by atoms with E-state index in [2.05, 4.69) is 10.1 Å². The lowest BCUT2D eigenvalue weighted by Crippen LogP contribution is -2.25. The standard InChI is InChI=1S/C12H14FN3O2.ClH/c1-7(17-2)10(14)12-15-11(16-18-12)8-4-3-5-9(13)6-8;/h3-7,10H,14H2,1-2H3;1H/t7-,10+;/m0./s1. The predicted molar refractivity (Wildman–Crippen MR) is 70.3 cm³/mol. The molecule has 0 aliphatic rings. The Morgan fingerprint density at radius 3 is 2.79 bits per heavy atom. The van der Waals surface area contributed by atoms with Gasteiger partial charge in [0.25, 0.3) is 0 Å². The van der Waals surface area contributed by atoms with E-state index in [1.807, 2.05) is 0 Å². The summed E-state index contributed by atoms with van der Waals surface area (Å²) < 4.78 is 23.2. The Morgan fingerprint density at radius 1 is 1.42 bits per heavy atom. The number of nitrogens with two attached hydrogens (primary N) is 1. The second-order valence-electron chi connectivity index (χ2n) is 3.93. The fourth-order valence-electron chi connectivity index (χ4n) is 1.46. The predicted octanol–water partition coefficient (Wildman–Crippen LogP) is 2.33. The summed E-state index contributed by atoms with van der Waals surface area (Å²) in [6.45, 7) is 1.80. The zero-order valence-electron chi connectivity index (χ0n) is 10.5. The van der Waals surface area contributed by atoms with Crippen molar-refractivity contribution in [3.8, 4) is 11.4 Å². The minimum absolute atomic E-state index is 0. The highest BCUT2D eigenvalue weighted by Gasteiger charge is 2.21. The third-order valence-corrected chi connectivity index (χ3v) is 2.69. The molecule has 1 aromatic carbocycles. The molecule has 0 bridgehead atoms. The maximum atomic E-state index is 13.1. The quantitative estimate of drug-likeness (QED) is 0.934. The lowest BCUT2D eigenvalue weighted by molar-refractivity contribution is 0.0848. The van der Waals surface area contributed by atoms with Crippen molar-refractivity contribution < 1.29 is 13.7 Å². The normalized spacial score (nSPS) is 13.7. The Morgan fingerprint density at radius 2 is 2.16 bits per heavy atom. The lowest BCUT2D eigenvalue weighted by atomic mass is 10.2. The highest BCUT2D eigenvalue weighted by molar-refractivity contribution is 5.85. The third kappa shape index (κ3) is 3.50. The van der Waals surface area contributed by atoms with Crippen molar-refractivity contribution >= 4 is 12.4 Å². The van der Waals surface area contributed by atoms with Crippen LogP contribution in [0.2, 0.25) is 0 Å². The molecule has 0 aliphatic heterocycles. The van der Waals surface area contributed by atoms with E-state index in [0.29, 0.717) is 11.4 Å². The summed E-state index contributed by atoms with van der Waals surface area (Å²) in [4.78, 5) is 4.14. The molecule has 2 aromatic rings. The van der Waals surface area contributed by atoms with E-state index < -0.39 is 6.04 Å². The van der Waals surface area contributed by atoms with E-state index in [4.69, 9.17) is 15.0 Å². The monoisotopic (exact) mass is 287 g/mol. The van der Waals surface area contributed by atoms with Gasteiger partial charge in [0.1, 0.15) is 11.9 Å². The largest absolute Gasteiger partial charge is 0.380 e. The smallest absolute Gasteiger partial charge is 0.246 e. The van der Waals surface area contributed by atoms with Gasteiger partial charge in [-0.25, -0.2) is 4.39 Å². The van der Waals surface area contributed by atoms with Gasteiger partial charge in [0.2, 0.25) is 11.7 Å². The first-order chi connectivity index (χ1) is 8.61. The molecule has 0 radical (unpaired) electrons. The average Bonchev–Trinajstić information content (AvgIpc) is 2.86. The summed E-state index contributed by atoms with van der Waals surface area (Å²) in [7, 11) is 1.55. The summed E-state index contributed by atoms with van der Waals surface area (Å²) >= 11 is 0. The van der Waals surface area contributed by atoms with E-state index >= 15 is 0 Å². The van der Waals surface area contributed by atoms with Crippen molar-refractivity contribution in [3.05, 3.63) is 36.0 Å². The molecule has 0 amide bonds. The number of hydrogen-bond donors (Lipinski definition) is 1. The molecule has 5 nitrogen and oxygen atoms in total. The van der Waals surface area contributed by atoms with Crippen LogP contribution in [0.5, 0.6) is 0 Å². The van der Waals surface area contributed by atoms with Gasteiger partial charge in [-0.1, -0.05) is 17.3 Å². The zero-order chi connectivity index (χ0) is 13.1. The van der Waals surface area contributed by atoms with Gasteiger partial charge < -0.3 is 15.0 Å². The number of ether oxygens (including phenoxy) is 1. The summed E-state index contributed by atoms with van der Waals surface area (Å²) in [5, 5.41) is 3.78. The number of hydrogen-bond acceptors (Lipinski definition) is 5. The summed E-state index contributed by atoms with van der Waals surface area (Å²) in [6, 6.07) is 5.45. The minimum atomic E-state index is -0.509. The molecule has 0 spiro atoms. The molecule has 0 saturated carbocycles. The third-order valence-electron chi connectivity index (χ3n) is 2.69. The van der Waals surface area contributed by atoms with Gasteiger partial charge in [0.05, 0.1) is 6.10 Å². The highest BCUT2D eigenvalue weighted by Crippen LogP contribution is 2.20. The number of benzene rings is 1. The Balaban J connectivity index is 0.00000180. The van der Waals surface area contributed by atoms with E-state index in [0.717, 1.165) is 0 Å². The van der Waals surface area contributed by atoms with Crippen molar-refractivity contribution in [2.45, 2.75) is 19.1 Å². The zero-order valence-corrected chi connectivity index (χ0v) is 11.4. The average molecular weight is 288 g/mol. The molecule has 2 N–H and O–H groups in total. The molecule has 19 heavy (non-hydrogen) atoms. The Hall–Kier alpha value is -1.50. The molecule has 0 unspecified atom stereocenters. The van der Waals surface area contributed by atoms with Crippen LogP contribution < -0.4 is 5.73 Å². The van der Waals surface area contributed by atoms with Gasteiger partial charge in [-0.2, -0.15) is 4.98 Å². The van der Waals surface area contributed by atoms with Gasteiger partial charge in [-0.05, 0) is 19.1 Å². The number of methoxy groups -OCH3 is 1. The molecule has 1 heterocycles. The molecule has 0 fully saturated rings. The van der Waals surface area contributed by atoms with E-state index in [1.165, 1.54) is 12.1 Å². The summed E-state index contributed by atoms with van der Waals surface area (Å²) in [6.07, 6.45) is -0.245. The molecular weight excluding hydrogens is 273 g/mol. The van der Waals surface area contributed by atoms with Crippen LogP contribution in [-0.4, -0.2) is 23.4 Å². The highest BCUT2D eigenvalue weighted by atomic mass is 35.5. The fraction of sp³-hybridized carbons (Fsp3) is 0.333. The first-order valence-electron chi connectivity index (χ1n) is 5.49. The van der Waals surface area contributed by atoms with Crippen molar-refractivity contribution in [1.82, 2.24) is 10.1 Å². The Labute approximate surface area is 116 Å². The molecule has 2 rings (SSSR count). The van der Waals surface area contributed by atoms with Crippen LogP contribution >= 0.6 is 12.4 Å². The first kappa shape index (κ1) is 15.6. The van der Waals surface area contributed by atoms with Crippen LogP contribution in [0.3, 0.4) is 0 Å². The molecular formula is C12H15ClFN3O2. The molecule has 1 aromatic heterocycles. The molecule has 0 saturated heterocycles. The number of rotatable bonds is 4. The fourth-order valence-corrected chi connectivity index (χ4v) is 1.46. The number of aromatic nitrogens is 2. The van der Waals surface area contributed by atoms with Gasteiger partial charge in [0, 0.05) is 12.7 Å². The number of halogens is 2. The van der Waals surface area contributed by atoms with Crippen LogP contribution in [0.4, 0.5) is 4.39 Å². The van der Waals surface area contributed by atoms with Crippen LogP contribution in [0.15, 0.2) is 28.8 Å². The Kier molecular flexibility index (Phi) is 5.41. The maximum Gasteiger partial charge on any atom is 0.246 e. The van der Waals surface area contributed by atoms with Crippen LogP contribution in [0.25, 0.3) is 11.4 Å². The SMILES string of the molecule is CO[C@@H](C)[C@@H](N)c1nc(-c2cccc(F)c2)no1.Cl. The maximum absolute atomic E-state index is 13.1. The minimum Gasteiger partial charge on any atom is -0.380 e. The number of nitrogens with zero attached hydrogens (tertiary/aromatic N) is 2. The van der Waals surface area contributed by atoms with Crippen LogP contribution in [-0.2, 0) is 4.74 Å². The van der Waals surface area contributed by atoms with E-state index in [1.54, 1.807) is 26.2 Å². The van der Waals surface area contributed by atoms with Crippen molar-refractivity contribution in [2.24, 2.45) is 5.73 Å². The second kappa shape index (κ2) is 6.60. The van der Waals surface area contributed by atoms with Gasteiger partial charge >= 0.3 is 0 Å². The molecule has 7 heteroatoms. The van der Waals surface area contributed by atoms with E-state index in [9.17, 15) is 4.39 Å². The van der Waals surface area contributed by atoms with Crippen LogP contribution in [0.1, 0.15) is 18.9 Å². The van der Waals surface area contributed by atoms with Crippen molar-refractivity contribution in [3.63, 3.8) is 0 Å². The molecule has 0 aliphatic carbocycles. The van der Waals surface area contributed by atoms with Crippen molar-refractivity contribution in [2.75, 3.05) is 7.11 Å². The lowest BCUT2D eigenvalue weighted by Gasteiger charge is -2.13. The van der Waals surface area contributed by atoms with Crippen molar-refractivity contribution in [1.29, 1.82) is 0 Å². The molecule has 104 valence electrons. The summed E-state index contributed by atoms with van der Waals surface area (Å²) in [5.41, 5.74) is 6.42. The second-order valence-corrected chi connectivity index (χ2v) is 3.93. The summed E-state index contributed by atoms with van der Waals surface area (Å²) in [5.74, 6) is 0.222. The first-order valence-corrected chi connectivity index (χ1v) is 5.49. The van der Waals surface area contributed by atoms with Gasteiger partial charge in [-0.3, -0.25) is 0 Å². The Bertz CT molecular complexity index is 535. The van der Waals surface area contributed by atoms with Gasteiger partial charge in [0.15, 0.2) is 0 Å². The van der Waals surface area contributed by atoms with Crippen LogP contribution in [0, 0.1) is 5.82 Å².